The van der Waals surface area contributed by atoms with Crippen molar-refractivity contribution in [2.45, 2.75) is 62.2 Å². The van der Waals surface area contributed by atoms with E-state index in [0.717, 1.165) is 38.1 Å². The van der Waals surface area contributed by atoms with Crippen LogP contribution in [0, 0.1) is 0 Å². The molecule has 10 heteroatoms. The van der Waals surface area contributed by atoms with Crippen molar-refractivity contribution in [1.82, 2.24) is 14.7 Å². The Kier molecular flexibility index (Phi) is 6.37. The van der Waals surface area contributed by atoms with Gasteiger partial charge in [0.1, 0.15) is 0 Å². The Balaban J connectivity index is 1.37. The van der Waals surface area contributed by atoms with Crippen LogP contribution in [-0.2, 0) is 30.7 Å². The van der Waals surface area contributed by atoms with E-state index in [-0.39, 0.29) is 30.4 Å². The Morgan fingerprint density at radius 3 is 2.31 bits per heavy atom. The lowest BCUT2D eigenvalue weighted by Gasteiger charge is -2.40. The van der Waals surface area contributed by atoms with Crippen LogP contribution in [0.25, 0.3) is 0 Å². The molecule has 35 heavy (non-hydrogen) atoms. The molecule has 1 aliphatic carbocycles. The van der Waals surface area contributed by atoms with Crippen molar-refractivity contribution >= 4 is 17.7 Å². The molecule has 1 aromatic rings. The minimum Gasteiger partial charge on any atom is -0.379 e. The summed E-state index contributed by atoms with van der Waals surface area (Å²) in [4.78, 5) is 45.1. The molecule has 0 radical (unpaired) electrons. The van der Waals surface area contributed by atoms with Gasteiger partial charge in [0.25, 0.3) is 0 Å². The number of halogens is 3. The van der Waals surface area contributed by atoms with Crippen LogP contribution in [0.15, 0.2) is 24.3 Å². The molecule has 3 heterocycles. The van der Waals surface area contributed by atoms with Gasteiger partial charge in [-0.15, -0.1) is 0 Å². The van der Waals surface area contributed by atoms with E-state index in [0.29, 0.717) is 45.2 Å². The van der Waals surface area contributed by atoms with Crippen LogP contribution in [-0.4, -0.2) is 83.9 Å². The first-order valence-corrected chi connectivity index (χ1v) is 12.3. The Bertz CT molecular complexity index is 998. The van der Waals surface area contributed by atoms with Crippen molar-refractivity contribution in [3.8, 4) is 0 Å². The quantitative estimate of drug-likeness (QED) is 0.590. The zero-order valence-corrected chi connectivity index (χ0v) is 19.6. The standard InChI is InChI=1S/C25H30F3N3O4/c26-25(27,28)18-3-1-2-17(14-18)24(16-22(33)31(23(24)34)20-4-5-20)15-21(32)30-8-6-19(7-9-30)29-10-12-35-13-11-29/h1-3,14,19-20H,4-13,15-16H2/t24-/m0/s1. The highest BCUT2D eigenvalue weighted by atomic mass is 19.4. The first-order chi connectivity index (χ1) is 16.7. The van der Waals surface area contributed by atoms with E-state index < -0.39 is 29.0 Å². The minimum absolute atomic E-state index is 0.0883. The lowest BCUT2D eigenvalue weighted by Crippen LogP contribution is -2.51. The van der Waals surface area contributed by atoms with E-state index in [1.165, 1.54) is 17.0 Å². The van der Waals surface area contributed by atoms with E-state index in [1.807, 2.05) is 0 Å². The van der Waals surface area contributed by atoms with Gasteiger partial charge in [-0.3, -0.25) is 24.2 Å². The second kappa shape index (κ2) is 9.20. The van der Waals surface area contributed by atoms with Crippen LogP contribution in [0.3, 0.4) is 0 Å². The first-order valence-electron chi connectivity index (χ1n) is 12.3. The Morgan fingerprint density at radius 1 is 1.00 bits per heavy atom. The summed E-state index contributed by atoms with van der Waals surface area (Å²) in [6.45, 7) is 4.18. The van der Waals surface area contributed by atoms with Crippen LogP contribution in [0.2, 0.25) is 0 Å². The number of carbonyl (C=O) groups excluding carboxylic acids is 3. The van der Waals surface area contributed by atoms with Crippen LogP contribution >= 0.6 is 0 Å². The number of piperidine rings is 1. The Labute approximate surface area is 202 Å². The Hall–Kier alpha value is -2.46. The minimum atomic E-state index is -4.59. The number of ether oxygens (including phenoxy) is 1. The number of alkyl halides is 3. The van der Waals surface area contributed by atoms with E-state index in [2.05, 4.69) is 4.90 Å². The molecule has 5 rings (SSSR count). The zero-order chi connectivity index (χ0) is 24.8. The molecule has 7 nitrogen and oxygen atoms in total. The van der Waals surface area contributed by atoms with E-state index in [9.17, 15) is 27.6 Å². The molecule has 0 aromatic heterocycles. The Morgan fingerprint density at radius 2 is 1.69 bits per heavy atom. The van der Waals surface area contributed by atoms with Gasteiger partial charge in [-0.05, 0) is 37.3 Å². The number of likely N-dealkylation sites (tertiary alicyclic amines) is 2. The molecule has 0 unspecified atom stereocenters. The van der Waals surface area contributed by atoms with Gasteiger partial charge in [-0.2, -0.15) is 13.2 Å². The van der Waals surface area contributed by atoms with Gasteiger partial charge in [0, 0.05) is 51.1 Å². The molecule has 190 valence electrons. The number of hydrogen-bond donors (Lipinski definition) is 0. The average molecular weight is 494 g/mol. The van der Waals surface area contributed by atoms with Crippen molar-refractivity contribution < 1.29 is 32.3 Å². The van der Waals surface area contributed by atoms with Crippen molar-refractivity contribution in [3.05, 3.63) is 35.4 Å². The molecule has 0 spiro atoms. The topological polar surface area (TPSA) is 70.2 Å². The monoisotopic (exact) mass is 493 g/mol. The molecular weight excluding hydrogens is 463 g/mol. The highest BCUT2D eigenvalue weighted by molar-refractivity contribution is 6.11. The largest absolute Gasteiger partial charge is 0.416 e. The normalized spacial score (nSPS) is 27.1. The summed E-state index contributed by atoms with van der Waals surface area (Å²) in [6, 6.07) is 4.71. The third-order valence-corrected chi connectivity index (χ3v) is 7.84. The van der Waals surface area contributed by atoms with Gasteiger partial charge in [-0.25, -0.2) is 0 Å². The van der Waals surface area contributed by atoms with E-state index in [4.69, 9.17) is 4.74 Å². The molecule has 0 bridgehead atoms. The second-order valence-electron chi connectivity index (χ2n) is 10.1. The smallest absolute Gasteiger partial charge is 0.379 e. The maximum atomic E-state index is 13.6. The van der Waals surface area contributed by atoms with Gasteiger partial charge < -0.3 is 9.64 Å². The molecular formula is C25H30F3N3O4. The van der Waals surface area contributed by atoms with Gasteiger partial charge in [-0.1, -0.05) is 18.2 Å². The number of hydrogen-bond acceptors (Lipinski definition) is 5. The van der Waals surface area contributed by atoms with Crippen molar-refractivity contribution in [2.75, 3.05) is 39.4 Å². The summed E-state index contributed by atoms with van der Waals surface area (Å²) >= 11 is 0. The van der Waals surface area contributed by atoms with E-state index in [1.54, 1.807) is 4.90 Å². The molecule has 3 saturated heterocycles. The number of benzene rings is 1. The fourth-order valence-electron chi connectivity index (χ4n) is 5.72. The second-order valence-corrected chi connectivity index (χ2v) is 10.1. The van der Waals surface area contributed by atoms with Crippen LogP contribution in [0.4, 0.5) is 13.2 Å². The highest BCUT2D eigenvalue weighted by Crippen LogP contribution is 2.45. The molecule has 1 atom stereocenters. The summed E-state index contributed by atoms with van der Waals surface area (Å²) < 4.78 is 45.8. The number of carbonyl (C=O) groups is 3. The maximum Gasteiger partial charge on any atom is 0.416 e. The lowest BCUT2D eigenvalue weighted by atomic mass is 9.75. The zero-order valence-electron chi connectivity index (χ0n) is 19.6. The van der Waals surface area contributed by atoms with Crippen LogP contribution < -0.4 is 0 Å². The number of imide groups is 1. The number of morpholine rings is 1. The molecule has 4 aliphatic rings. The summed E-state index contributed by atoms with van der Waals surface area (Å²) in [5, 5.41) is 0. The fourth-order valence-corrected chi connectivity index (χ4v) is 5.72. The van der Waals surface area contributed by atoms with Gasteiger partial charge in [0.2, 0.25) is 17.7 Å². The third kappa shape index (κ3) is 4.70. The molecule has 4 fully saturated rings. The molecule has 1 saturated carbocycles. The molecule has 1 aromatic carbocycles. The fraction of sp³-hybridized carbons (Fsp3) is 0.640. The van der Waals surface area contributed by atoms with Crippen molar-refractivity contribution in [3.63, 3.8) is 0 Å². The number of nitrogens with zero attached hydrogens (tertiary/aromatic N) is 3. The lowest BCUT2D eigenvalue weighted by molar-refractivity contribution is -0.144. The molecule has 3 aliphatic heterocycles. The summed E-state index contributed by atoms with van der Waals surface area (Å²) in [5.41, 5.74) is -2.40. The maximum absolute atomic E-state index is 13.6. The number of amides is 3. The summed E-state index contributed by atoms with van der Waals surface area (Å²) in [6.07, 6.45) is -2.20. The first kappa shape index (κ1) is 24.2. The van der Waals surface area contributed by atoms with Crippen LogP contribution in [0.1, 0.15) is 49.7 Å². The van der Waals surface area contributed by atoms with E-state index >= 15 is 0 Å². The highest BCUT2D eigenvalue weighted by Gasteiger charge is 2.57. The number of rotatable bonds is 5. The summed E-state index contributed by atoms with van der Waals surface area (Å²) in [7, 11) is 0. The third-order valence-electron chi connectivity index (χ3n) is 7.84. The predicted molar refractivity (Wildman–Crippen MR) is 119 cm³/mol. The summed E-state index contributed by atoms with van der Waals surface area (Å²) in [5.74, 6) is -1.24. The average Bonchev–Trinajstić information content (AvgIpc) is 3.65. The van der Waals surface area contributed by atoms with Crippen molar-refractivity contribution in [2.24, 2.45) is 0 Å². The predicted octanol–water partition coefficient (Wildman–Crippen LogP) is 2.58. The van der Waals surface area contributed by atoms with Gasteiger partial charge in [0.15, 0.2) is 0 Å². The molecule has 3 amide bonds. The van der Waals surface area contributed by atoms with Gasteiger partial charge >= 0.3 is 6.18 Å². The van der Waals surface area contributed by atoms with Crippen molar-refractivity contribution in [1.29, 1.82) is 0 Å². The molecule has 0 N–H and O–H groups in total. The van der Waals surface area contributed by atoms with Crippen LogP contribution in [0.5, 0.6) is 0 Å². The van der Waals surface area contributed by atoms with Gasteiger partial charge in [0.05, 0.1) is 24.2 Å². The SMILES string of the molecule is O=C(C[C@@]1(c2cccc(C(F)(F)F)c2)CC(=O)N(C2CC2)C1=O)N1CCC(N2CCOCC2)CC1.